The second-order valence-corrected chi connectivity index (χ2v) is 8.41. The third kappa shape index (κ3) is 2.61. The number of aromatic nitrogens is 2. The predicted octanol–water partition coefficient (Wildman–Crippen LogP) is 7.62. The summed E-state index contributed by atoms with van der Waals surface area (Å²) in [5, 5.41) is 14.0. The third-order valence-corrected chi connectivity index (χ3v) is 6.49. The Hall–Kier alpha value is -4.88. The van der Waals surface area contributed by atoms with E-state index in [1.54, 1.807) is 6.20 Å². The van der Waals surface area contributed by atoms with Crippen LogP contribution in [0.3, 0.4) is 0 Å². The summed E-state index contributed by atoms with van der Waals surface area (Å²) in [6.07, 6.45) is 3.40. The van der Waals surface area contributed by atoms with Crippen molar-refractivity contribution in [1.82, 2.24) is 9.55 Å². The summed E-state index contributed by atoms with van der Waals surface area (Å²) >= 11 is 0. The zero-order valence-corrected chi connectivity index (χ0v) is 18.1. The lowest BCUT2D eigenvalue weighted by Gasteiger charge is -2.14. The van der Waals surface area contributed by atoms with Gasteiger partial charge in [0.1, 0.15) is 17.2 Å². The quantitative estimate of drug-likeness (QED) is 0.281. The number of rotatable bonds is 2. The summed E-state index contributed by atoms with van der Waals surface area (Å²) in [4.78, 5) is 4.30. The molecule has 0 unspecified atom stereocenters. The maximum Gasteiger partial charge on any atom is 0.137 e. The van der Waals surface area contributed by atoms with E-state index in [1.807, 2.05) is 42.6 Å². The number of nitriles is 1. The van der Waals surface area contributed by atoms with Crippen molar-refractivity contribution in [2.24, 2.45) is 0 Å². The molecule has 4 aromatic carbocycles. The maximum atomic E-state index is 9.40. The highest BCUT2D eigenvalue weighted by Crippen LogP contribution is 2.39. The monoisotopic (exact) mass is 435 g/mol. The van der Waals surface area contributed by atoms with Crippen LogP contribution in [0.2, 0.25) is 0 Å². The number of benzene rings is 4. The fraction of sp³-hybridized carbons (Fsp3) is 0. The summed E-state index contributed by atoms with van der Waals surface area (Å²) in [5.41, 5.74) is 7.43. The van der Waals surface area contributed by atoms with Gasteiger partial charge in [-0.2, -0.15) is 5.26 Å². The standard InChI is InChI=1S/C30H17N3O/c31-16-19-13-20(18-32-17-19)21-7-1-4-10-26(21)33-27-11-5-2-8-22(27)24-14-25-23-9-3-6-12-29(23)34-30(25)15-28(24)33/h1-15,17-18H. The highest BCUT2D eigenvalue weighted by molar-refractivity contribution is 6.17. The topological polar surface area (TPSA) is 54.8 Å². The van der Waals surface area contributed by atoms with Gasteiger partial charge in [0.15, 0.2) is 0 Å². The van der Waals surface area contributed by atoms with Crippen LogP contribution in [0.1, 0.15) is 5.56 Å². The van der Waals surface area contributed by atoms with E-state index in [1.165, 1.54) is 10.8 Å². The molecule has 158 valence electrons. The number of hydrogen-bond donors (Lipinski definition) is 0. The number of para-hydroxylation sites is 3. The Labute approximate surface area is 194 Å². The van der Waals surface area contributed by atoms with Crippen molar-refractivity contribution >= 4 is 43.7 Å². The van der Waals surface area contributed by atoms with Crippen molar-refractivity contribution < 1.29 is 4.42 Å². The Morgan fingerprint density at radius 2 is 1.47 bits per heavy atom. The normalized spacial score (nSPS) is 11.5. The lowest BCUT2D eigenvalue weighted by Crippen LogP contribution is -1.97. The van der Waals surface area contributed by atoms with Crippen molar-refractivity contribution in [2.75, 3.05) is 0 Å². The molecule has 3 aromatic heterocycles. The van der Waals surface area contributed by atoms with Crippen LogP contribution in [0.4, 0.5) is 0 Å². The van der Waals surface area contributed by atoms with Gasteiger partial charge in [-0.25, -0.2) is 0 Å². The highest BCUT2D eigenvalue weighted by Gasteiger charge is 2.18. The molecule has 0 bridgehead atoms. The van der Waals surface area contributed by atoms with E-state index in [-0.39, 0.29) is 0 Å². The maximum absolute atomic E-state index is 9.40. The van der Waals surface area contributed by atoms with Crippen LogP contribution in [0, 0.1) is 11.3 Å². The van der Waals surface area contributed by atoms with Gasteiger partial charge < -0.3 is 8.98 Å². The average Bonchev–Trinajstić information content (AvgIpc) is 3.42. The summed E-state index contributed by atoms with van der Waals surface area (Å²) < 4.78 is 8.52. The average molecular weight is 435 g/mol. The zero-order chi connectivity index (χ0) is 22.6. The fourth-order valence-electron chi connectivity index (χ4n) is 5.01. The molecule has 4 nitrogen and oxygen atoms in total. The molecule has 0 amide bonds. The van der Waals surface area contributed by atoms with Crippen molar-refractivity contribution in [2.45, 2.75) is 0 Å². The van der Waals surface area contributed by atoms with E-state index >= 15 is 0 Å². The Morgan fingerprint density at radius 3 is 2.38 bits per heavy atom. The molecule has 0 N–H and O–H groups in total. The van der Waals surface area contributed by atoms with E-state index in [9.17, 15) is 5.26 Å². The van der Waals surface area contributed by atoms with Crippen LogP contribution < -0.4 is 0 Å². The van der Waals surface area contributed by atoms with E-state index in [0.29, 0.717) is 5.56 Å². The van der Waals surface area contributed by atoms with Crippen LogP contribution in [-0.2, 0) is 0 Å². The molecule has 0 fully saturated rings. The van der Waals surface area contributed by atoms with Crippen LogP contribution in [0.5, 0.6) is 0 Å². The van der Waals surface area contributed by atoms with Crippen molar-refractivity contribution in [1.29, 1.82) is 5.26 Å². The predicted molar refractivity (Wildman–Crippen MR) is 136 cm³/mol. The SMILES string of the molecule is N#Cc1cncc(-c2ccccc2-n2c3ccccc3c3cc4c(cc32)oc2ccccc24)c1. The molecular formula is C30H17N3O. The molecular weight excluding hydrogens is 418 g/mol. The van der Waals surface area contributed by atoms with Gasteiger partial charge in [-0.15, -0.1) is 0 Å². The number of nitrogens with zero attached hydrogens (tertiary/aromatic N) is 3. The van der Waals surface area contributed by atoms with E-state index in [4.69, 9.17) is 4.42 Å². The van der Waals surface area contributed by atoms with E-state index < -0.39 is 0 Å². The fourth-order valence-corrected chi connectivity index (χ4v) is 5.01. The van der Waals surface area contributed by atoms with Gasteiger partial charge in [0.25, 0.3) is 0 Å². The Balaban J connectivity index is 1.61. The molecule has 3 heterocycles. The number of fused-ring (bicyclic) bond motifs is 6. The zero-order valence-electron chi connectivity index (χ0n) is 18.1. The Bertz CT molecular complexity index is 1930. The molecule has 0 atom stereocenters. The molecule has 7 rings (SSSR count). The number of pyridine rings is 1. The molecule has 0 saturated carbocycles. The minimum absolute atomic E-state index is 0.540. The van der Waals surface area contributed by atoms with Gasteiger partial charge in [-0.3, -0.25) is 4.98 Å². The van der Waals surface area contributed by atoms with Crippen molar-refractivity contribution in [3.05, 3.63) is 109 Å². The second kappa shape index (κ2) is 7.06. The molecule has 0 aliphatic heterocycles. The molecule has 0 aliphatic rings. The summed E-state index contributed by atoms with van der Waals surface area (Å²) in [6.45, 7) is 0. The van der Waals surface area contributed by atoms with Crippen LogP contribution in [0.15, 0.2) is 108 Å². The third-order valence-electron chi connectivity index (χ3n) is 6.49. The first-order valence-corrected chi connectivity index (χ1v) is 11.1. The van der Waals surface area contributed by atoms with Gasteiger partial charge in [-0.05, 0) is 30.3 Å². The lowest BCUT2D eigenvalue weighted by molar-refractivity contribution is 0.669. The molecule has 0 spiro atoms. The smallest absolute Gasteiger partial charge is 0.137 e. The number of furan rings is 1. The Morgan fingerprint density at radius 1 is 0.676 bits per heavy atom. The molecule has 0 radical (unpaired) electrons. The molecule has 34 heavy (non-hydrogen) atoms. The van der Waals surface area contributed by atoms with E-state index in [0.717, 1.165) is 49.8 Å². The Kier molecular flexibility index (Phi) is 3.88. The second-order valence-electron chi connectivity index (χ2n) is 8.41. The first-order chi connectivity index (χ1) is 16.8. The summed E-state index contributed by atoms with van der Waals surface area (Å²) in [5.74, 6) is 0. The van der Waals surface area contributed by atoms with Gasteiger partial charge >= 0.3 is 0 Å². The minimum atomic E-state index is 0.540. The van der Waals surface area contributed by atoms with Crippen molar-refractivity contribution in [3.8, 4) is 22.9 Å². The lowest BCUT2D eigenvalue weighted by atomic mass is 10.0. The van der Waals surface area contributed by atoms with E-state index in [2.05, 4.69) is 70.2 Å². The van der Waals surface area contributed by atoms with Crippen LogP contribution >= 0.6 is 0 Å². The largest absolute Gasteiger partial charge is 0.456 e. The molecule has 0 aliphatic carbocycles. The molecule has 7 aromatic rings. The number of hydrogen-bond acceptors (Lipinski definition) is 3. The first-order valence-electron chi connectivity index (χ1n) is 11.1. The van der Waals surface area contributed by atoms with Crippen LogP contribution in [0.25, 0.3) is 60.6 Å². The molecule has 4 heteroatoms. The highest BCUT2D eigenvalue weighted by atomic mass is 16.3. The van der Waals surface area contributed by atoms with Gasteiger partial charge in [0, 0.05) is 51.1 Å². The van der Waals surface area contributed by atoms with Gasteiger partial charge in [-0.1, -0.05) is 54.6 Å². The van der Waals surface area contributed by atoms with Gasteiger partial charge in [0.05, 0.1) is 22.3 Å². The summed E-state index contributed by atoms with van der Waals surface area (Å²) in [6, 6.07) is 33.4. The van der Waals surface area contributed by atoms with Gasteiger partial charge in [0.2, 0.25) is 0 Å². The first kappa shape index (κ1) is 18.7. The van der Waals surface area contributed by atoms with Crippen molar-refractivity contribution in [3.63, 3.8) is 0 Å². The minimum Gasteiger partial charge on any atom is -0.456 e. The molecule has 0 saturated heterocycles. The summed E-state index contributed by atoms with van der Waals surface area (Å²) in [7, 11) is 0. The van der Waals surface area contributed by atoms with Crippen LogP contribution in [-0.4, -0.2) is 9.55 Å².